The average molecular weight is 216 g/mol. The lowest BCUT2D eigenvalue weighted by Crippen LogP contribution is -2.43. The molecule has 1 aromatic carbocycles. The number of rotatable bonds is 0. The molecule has 16 heavy (non-hydrogen) atoms. The Hall–Kier alpha value is -1.02. The van der Waals surface area contributed by atoms with E-state index in [4.69, 9.17) is 0 Å². The number of hydrogen-bond acceptors (Lipinski definition) is 2. The van der Waals surface area contributed by atoms with Crippen LogP contribution in [0, 0.1) is 0 Å². The first kappa shape index (κ1) is 10.2. The highest BCUT2D eigenvalue weighted by Crippen LogP contribution is 2.29. The minimum Gasteiger partial charge on any atom is -0.373 e. The molecule has 3 rings (SSSR count). The van der Waals surface area contributed by atoms with E-state index in [9.17, 15) is 0 Å². The van der Waals surface area contributed by atoms with Crippen LogP contribution in [0.3, 0.4) is 0 Å². The maximum Gasteiger partial charge on any atom is 0.0409 e. The number of nitrogens with zero attached hydrogens (tertiary/aromatic N) is 2. The third kappa shape index (κ3) is 1.71. The van der Waals surface area contributed by atoms with E-state index in [1.807, 2.05) is 0 Å². The molecule has 2 aliphatic heterocycles. The summed E-state index contributed by atoms with van der Waals surface area (Å²) in [7, 11) is 2.23. The van der Waals surface area contributed by atoms with Gasteiger partial charge in [-0.2, -0.15) is 0 Å². The quantitative estimate of drug-likeness (QED) is 0.657. The lowest BCUT2D eigenvalue weighted by atomic mass is 10.0. The van der Waals surface area contributed by atoms with Crippen molar-refractivity contribution in [1.82, 2.24) is 4.90 Å². The minimum absolute atomic E-state index is 0.770. The largest absolute Gasteiger partial charge is 0.373 e. The maximum absolute atomic E-state index is 2.67. The number of benzene rings is 1. The molecule has 1 fully saturated rings. The molecule has 2 heterocycles. The fraction of sp³-hybridized carbons (Fsp3) is 0.571. The van der Waals surface area contributed by atoms with Crippen LogP contribution in [-0.2, 0) is 6.54 Å². The van der Waals surface area contributed by atoms with Gasteiger partial charge in [0.25, 0.3) is 0 Å². The lowest BCUT2D eigenvalue weighted by molar-refractivity contribution is 0.148. The van der Waals surface area contributed by atoms with Crippen molar-refractivity contribution < 1.29 is 0 Å². The second-order valence-electron chi connectivity index (χ2n) is 5.13. The van der Waals surface area contributed by atoms with Crippen molar-refractivity contribution in [3.05, 3.63) is 29.8 Å². The Bertz CT molecular complexity index is 375. The molecule has 0 spiro atoms. The molecule has 2 heteroatoms. The summed E-state index contributed by atoms with van der Waals surface area (Å²) >= 11 is 0. The Morgan fingerprint density at radius 1 is 1.19 bits per heavy atom. The van der Waals surface area contributed by atoms with Crippen molar-refractivity contribution >= 4 is 5.69 Å². The first-order valence-corrected chi connectivity index (χ1v) is 6.38. The third-order valence-electron chi connectivity index (χ3n) is 4.01. The molecule has 1 atom stereocenters. The third-order valence-corrected chi connectivity index (χ3v) is 4.01. The van der Waals surface area contributed by atoms with Crippen LogP contribution < -0.4 is 4.90 Å². The van der Waals surface area contributed by atoms with Crippen molar-refractivity contribution in [2.45, 2.75) is 31.8 Å². The van der Waals surface area contributed by atoms with Crippen LogP contribution in [0.15, 0.2) is 24.3 Å². The van der Waals surface area contributed by atoms with Crippen LogP contribution in [-0.4, -0.2) is 31.1 Å². The van der Waals surface area contributed by atoms with Gasteiger partial charge < -0.3 is 4.90 Å². The zero-order chi connectivity index (χ0) is 11.0. The normalized spacial score (nSPS) is 25.8. The van der Waals surface area contributed by atoms with Gasteiger partial charge in [0.05, 0.1) is 0 Å². The predicted octanol–water partition coefficient (Wildman–Crippen LogP) is 2.49. The van der Waals surface area contributed by atoms with Crippen LogP contribution >= 0.6 is 0 Å². The van der Waals surface area contributed by atoms with Gasteiger partial charge in [0.1, 0.15) is 0 Å². The SMILES string of the molecule is CN1C[C@@H]2CCCCN2Cc2ccccc21. The Labute approximate surface area is 97.9 Å². The number of fused-ring (bicyclic) bond motifs is 2. The van der Waals surface area contributed by atoms with Crippen molar-refractivity contribution in [2.24, 2.45) is 0 Å². The van der Waals surface area contributed by atoms with Gasteiger partial charge in [0.2, 0.25) is 0 Å². The second kappa shape index (κ2) is 4.10. The molecule has 0 bridgehead atoms. The predicted molar refractivity (Wildman–Crippen MR) is 67.8 cm³/mol. The van der Waals surface area contributed by atoms with Crippen LogP contribution in [0.4, 0.5) is 5.69 Å². The van der Waals surface area contributed by atoms with Crippen molar-refractivity contribution in [2.75, 3.05) is 25.0 Å². The van der Waals surface area contributed by atoms with E-state index in [-0.39, 0.29) is 0 Å². The van der Waals surface area contributed by atoms with Gasteiger partial charge in [-0.3, -0.25) is 4.90 Å². The molecule has 0 unspecified atom stereocenters. The first-order chi connectivity index (χ1) is 7.84. The molecular formula is C14H20N2. The van der Waals surface area contributed by atoms with E-state index in [2.05, 4.69) is 41.1 Å². The summed E-state index contributed by atoms with van der Waals surface area (Å²) in [5.74, 6) is 0. The summed E-state index contributed by atoms with van der Waals surface area (Å²) in [5, 5.41) is 0. The fourth-order valence-corrected chi connectivity index (χ4v) is 3.13. The zero-order valence-electron chi connectivity index (χ0n) is 10.0. The number of piperidine rings is 1. The number of likely N-dealkylation sites (N-methyl/N-ethyl adjacent to an activating group) is 1. The van der Waals surface area contributed by atoms with Gasteiger partial charge in [-0.25, -0.2) is 0 Å². The van der Waals surface area contributed by atoms with E-state index in [1.54, 1.807) is 0 Å². The monoisotopic (exact) mass is 216 g/mol. The van der Waals surface area contributed by atoms with Gasteiger partial charge in [-0.05, 0) is 31.0 Å². The van der Waals surface area contributed by atoms with Crippen LogP contribution in [0.5, 0.6) is 0 Å². The summed E-state index contributed by atoms with van der Waals surface area (Å²) in [6.45, 7) is 3.62. The maximum atomic E-state index is 2.67. The molecule has 0 radical (unpaired) electrons. The van der Waals surface area contributed by atoms with E-state index in [1.165, 1.54) is 43.6 Å². The molecule has 0 saturated carbocycles. The Balaban J connectivity index is 1.94. The number of para-hydroxylation sites is 1. The lowest BCUT2D eigenvalue weighted by Gasteiger charge is -2.35. The van der Waals surface area contributed by atoms with Crippen LogP contribution in [0.2, 0.25) is 0 Å². The van der Waals surface area contributed by atoms with Crippen LogP contribution in [0.25, 0.3) is 0 Å². The summed E-state index contributed by atoms with van der Waals surface area (Å²) in [6, 6.07) is 9.62. The summed E-state index contributed by atoms with van der Waals surface area (Å²) in [6.07, 6.45) is 4.16. The van der Waals surface area contributed by atoms with E-state index < -0.39 is 0 Å². The van der Waals surface area contributed by atoms with E-state index >= 15 is 0 Å². The highest BCUT2D eigenvalue weighted by molar-refractivity contribution is 5.54. The number of hydrogen-bond donors (Lipinski definition) is 0. The van der Waals surface area contributed by atoms with E-state index in [0.29, 0.717) is 0 Å². The van der Waals surface area contributed by atoms with Crippen molar-refractivity contribution in [1.29, 1.82) is 0 Å². The summed E-state index contributed by atoms with van der Waals surface area (Å²) < 4.78 is 0. The zero-order valence-corrected chi connectivity index (χ0v) is 10.0. The average Bonchev–Trinajstić information content (AvgIpc) is 2.45. The van der Waals surface area contributed by atoms with Crippen LogP contribution in [0.1, 0.15) is 24.8 Å². The molecular weight excluding hydrogens is 196 g/mol. The molecule has 0 N–H and O–H groups in total. The summed E-state index contributed by atoms with van der Waals surface area (Å²) in [4.78, 5) is 5.11. The fourth-order valence-electron chi connectivity index (χ4n) is 3.13. The molecule has 0 aliphatic carbocycles. The van der Waals surface area contributed by atoms with Gasteiger partial charge in [0, 0.05) is 31.9 Å². The molecule has 1 saturated heterocycles. The molecule has 0 amide bonds. The Morgan fingerprint density at radius 2 is 2.06 bits per heavy atom. The van der Waals surface area contributed by atoms with Crippen molar-refractivity contribution in [3.63, 3.8) is 0 Å². The van der Waals surface area contributed by atoms with Crippen molar-refractivity contribution in [3.8, 4) is 0 Å². The first-order valence-electron chi connectivity index (χ1n) is 6.38. The van der Waals surface area contributed by atoms with Gasteiger partial charge >= 0.3 is 0 Å². The van der Waals surface area contributed by atoms with Gasteiger partial charge in [0.15, 0.2) is 0 Å². The molecule has 1 aromatic rings. The highest BCUT2D eigenvalue weighted by Gasteiger charge is 2.27. The summed E-state index contributed by atoms with van der Waals surface area (Å²) in [5.41, 5.74) is 2.92. The topological polar surface area (TPSA) is 6.48 Å². The standard InChI is InChI=1S/C14H20N2/c1-15-11-13-7-4-5-9-16(13)10-12-6-2-3-8-14(12)15/h2-3,6,8,13H,4-5,7,9-11H2,1H3/t13-/m0/s1. The molecule has 2 aliphatic rings. The second-order valence-corrected chi connectivity index (χ2v) is 5.13. The highest BCUT2D eigenvalue weighted by atomic mass is 15.2. The molecule has 86 valence electrons. The smallest absolute Gasteiger partial charge is 0.0409 e. The van der Waals surface area contributed by atoms with Gasteiger partial charge in [-0.1, -0.05) is 24.6 Å². The molecule has 0 aromatic heterocycles. The Kier molecular flexibility index (Phi) is 2.60. The minimum atomic E-state index is 0.770. The van der Waals surface area contributed by atoms with E-state index in [0.717, 1.165) is 12.6 Å². The Morgan fingerprint density at radius 3 is 3.00 bits per heavy atom. The number of anilines is 1. The van der Waals surface area contributed by atoms with Gasteiger partial charge in [-0.15, -0.1) is 0 Å². The molecule has 2 nitrogen and oxygen atoms in total.